The van der Waals surface area contributed by atoms with E-state index in [1.165, 1.54) is 11.7 Å². The molecule has 0 aliphatic heterocycles. The molecule has 176 valence electrons. The summed E-state index contributed by atoms with van der Waals surface area (Å²) in [7, 11) is 1.53. The van der Waals surface area contributed by atoms with E-state index >= 15 is 0 Å². The van der Waals surface area contributed by atoms with Gasteiger partial charge in [0.25, 0.3) is 0 Å². The van der Waals surface area contributed by atoms with Crippen LogP contribution in [0.15, 0.2) is 54.7 Å². The lowest BCUT2D eigenvalue weighted by Crippen LogP contribution is -2.46. The SMILES string of the molecule is Cn1ncc(C(=O)O)c1NC(=O)CC(C)(C)NC(=O)OCC1c2ccccc2-c2ccccc21. The number of ether oxygens (including phenoxy) is 1. The minimum absolute atomic E-state index is 0.0659. The quantitative estimate of drug-likeness (QED) is 0.491. The number of fused-ring (bicyclic) bond motifs is 3. The number of hydrogen-bond donors (Lipinski definition) is 3. The molecule has 1 aromatic heterocycles. The molecule has 3 N–H and O–H groups in total. The number of rotatable bonds is 7. The maximum Gasteiger partial charge on any atom is 0.407 e. The molecule has 0 atom stereocenters. The van der Waals surface area contributed by atoms with Crippen molar-refractivity contribution in [1.82, 2.24) is 15.1 Å². The Morgan fingerprint density at radius 3 is 2.24 bits per heavy atom. The van der Waals surface area contributed by atoms with Crippen molar-refractivity contribution in [3.8, 4) is 11.1 Å². The Hall–Kier alpha value is -4.14. The molecule has 1 aliphatic carbocycles. The van der Waals surface area contributed by atoms with E-state index in [1.807, 2.05) is 36.4 Å². The second kappa shape index (κ2) is 9.01. The number of nitrogens with zero attached hydrogens (tertiary/aromatic N) is 2. The first-order chi connectivity index (χ1) is 16.2. The maximum atomic E-state index is 12.6. The zero-order valence-corrected chi connectivity index (χ0v) is 19.2. The monoisotopic (exact) mass is 462 g/mol. The average Bonchev–Trinajstić information content (AvgIpc) is 3.29. The summed E-state index contributed by atoms with van der Waals surface area (Å²) in [6.45, 7) is 3.55. The van der Waals surface area contributed by atoms with Crippen LogP contribution in [0, 0.1) is 0 Å². The van der Waals surface area contributed by atoms with E-state index < -0.39 is 23.5 Å². The number of aryl methyl sites for hydroxylation is 1. The Kier molecular flexibility index (Phi) is 6.10. The van der Waals surface area contributed by atoms with Gasteiger partial charge in [-0.15, -0.1) is 0 Å². The Bertz CT molecular complexity index is 1220. The molecular formula is C25H26N4O5. The van der Waals surface area contributed by atoms with Crippen molar-refractivity contribution >= 4 is 23.8 Å². The van der Waals surface area contributed by atoms with Gasteiger partial charge in [-0.25, -0.2) is 9.59 Å². The number of carboxylic acids is 1. The van der Waals surface area contributed by atoms with Crippen molar-refractivity contribution < 1.29 is 24.2 Å². The van der Waals surface area contributed by atoms with Gasteiger partial charge >= 0.3 is 12.1 Å². The number of carboxylic acid groups (broad SMARTS) is 1. The Balaban J connectivity index is 1.36. The minimum Gasteiger partial charge on any atom is -0.477 e. The van der Waals surface area contributed by atoms with Gasteiger partial charge in [-0.3, -0.25) is 9.48 Å². The molecule has 0 bridgehead atoms. The average molecular weight is 463 g/mol. The number of hydrogen-bond acceptors (Lipinski definition) is 5. The summed E-state index contributed by atoms with van der Waals surface area (Å²) >= 11 is 0. The highest BCUT2D eigenvalue weighted by molar-refractivity contribution is 5.99. The van der Waals surface area contributed by atoms with Crippen LogP contribution >= 0.6 is 0 Å². The van der Waals surface area contributed by atoms with Crippen LogP contribution in [0.1, 0.15) is 47.7 Å². The van der Waals surface area contributed by atoms with Gasteiger partial charge in [-0.05, 0) is 36.1 Å². The Morgan fingerprint density at radius 2 is 1.65 bits per heavy atom. The van der Waals surface area contributed by atoms with Gasteiger partial charge < -0.3 is 20.5 Å². The topological polar surface area (TPSA) is 123 Å². The summed E-state index contributed by atoms with van der Waals surface area (Å²) in [6.07, 6.45) is 0.436. The van der Waals surface area contributed by atoms with Crippen LogP contribution in [0.25, 0.3) is 11.1 Å². The normalized spacial score (nSPS) is 12.6. The first-order valence-corrected chi connectivity index (χ1v) is 10.8. The van der Waals surface area contributed by atoms with E-state index in [9.17, 15) is 19.5 Å². The van der Waals surface area contributed by atoms with Crippen molar-refractivity contribution in [2.45, 2.75) is 31.7 Å². The predicted octanol–water partition coefficient (Wildman–Crippen LogP) is 3.76. The largest absolute Gasteiger partial charge is 0.477 e. The molecule has 9 heteroatoms. The second-order valence-corrected chi connectivity index (χ2v) is 8.89. The van der Waals surface area contributed by atoms with Crippen LogP contribution < -0.4 is 10.6 Å². The smallest absolute Gasteiger partial charge is 0.407 e. The van der Waals surface area contributed by atoms with Crippen LogP contribution in [0.5, 0.6) is 0 Å². The van der Waals surface area contributed by atoms with Crippen LogP contribution in [-0.2, 0) is 16.6 Å². The van der Waals surface area contributed by atoms with Gasteiger partial charge in [0.05, 0.1) is 6.20 Å². The number of benzene rings is 2. The van der Waals surface area contributed by atoms with Gasteiger partial charge in [0.1, 0.15) is 18.0 Å². The molecule has 9 nitrogen and oxygen atoms in total. The minimum atomic E-state index is -1.19. The van der Waals surface area contributed by atoms with Crippen LogP contribution in [0.4, 0.5) is 10.6 Å². The molecule has 2 amide bonds. The lowest BCUT2D eigenvalue weighted by molar-refractivity contribution is -0.117. The number of anilines is 1. The Morgan fingerprint density at radius 1 is 1.06 bits per heavy atom. The van der Waals surface area contributed by atoms with E-state index in [-0.39, 0.29) is 30.3 Å². The van der Waals surface area contributed by atoms with Gasteiger partial charge in [0.2, 0.25) is 5.91 Å². The van der Waals surface area contributed by atoms with Crippen molar-refractivity contribution in [3.63, 3.8) is 0 Å². The predicted molar refractivity (Wildman–Crippen MR) is 126 cm³/mol. The number of aromatic carboxylic acids is 1. The molecule has 0 unspecified atom stereocenters. The van der Waals surface area contributed by atoms with E-state index in [4.69, 9.17) is 4.74 Å². The highest BCUT2D eigenvalue weighted by Gasteiger charge is 2.31. The van der Waals surface area contributed by atoms with Gasteiger partial charge in [0.15, 0.2) is 0 Å². The molecule has 0 saturated heterocycles. The van der Waals surface area contributed by atoms with E-state index in [0.29, 0.717) is 0 Å². The fourth-order valence-corrected chi connectivity index (χ4v) is 4.27. The van der Waals surface area contributed by atoms with Crippen LogP contribution in [0.2, 0.25) is 0 Å². The van der Waals surface area contributed by atoms with E-state index in [1.54, 1.807) is 13.8 Å². The van der Waals surface area contributed by atoms with Gasteiger partial charge in [-0.2, -0.15) is 5.10 Å². The third-order valence-corrected chi connectivity index (χ3v) is 5.81. The van der Waals surface area contributed by atoms with Gasteiger partial charge in [-0.1, -0.05) is 48.5 Å². The molecule has 2 aromatic carbocycles. The molecule has 3 aromatic rings. The standard InChI is InChI=1S/C25H26N4O5/c1-25(2,12-21(30)27-22-19(23(31)32)13-26-29(22)3)28-24(33)34-14-20-17-10-6-4-8-15(17)16-9-5-7-11-18(16)20/h4-11,13,20H,12,14H2,1-3H3,(H,27,30)(H,28,33)(H,31,32). The van der Waals surface area contributed by atoms with E-state index in [2.05, 4.69) is 27.9 Å². The molecule has 1 heterocycles. The highest BCUT2D eigenvalue weighted by Crippen LogP contribution is 2.44. The number of nitrogens with one attached hydrogen (secondary N) is 2. The van der Waals surface area contributed by atoms with Crippen molar-refractivity contribution in [2.24, 2.45) is 7.05 Å². The van der Waals surface area contributed by atoms with Crippen molar-refractivity contribution in [3.05, 3.63) is 71.4 Å². The van der Waals surface area contributed by atoms with Crippen LogP contribution in [-0.4, -0.2) is 45.0 Å². The number of aromatic nitrogens is 2. The molecule has 34 heavy (non-hydrogen) atoms. The zero-order valence-electron chi connectivity index (χ0n) is 19.2. The summed E-state index contributed by atoms with van der Waals surface area (Å²) < 4.78 is 6.83. The van der Waals surface area contributed by atoms with Crippen molar-refractivity contribution in [1.29, 1.82) is 0 Å². The summed E-state index contributed by atoms with van der Waals surface area (Å²) in [6, 6.07) is 16.1. The fraction of sp³-hybridized carbons (Fsp3) is 0.280. The first-order valence-electron chi connectivity index (χ1n) is 10.8. The third-order valence-electron chi connectivity index (χ3n) is 5.81. The lowest BCUT2D eigenvalue weighted by atomic mass is 9.98. The molecule has 0 spiro atoms. The number of amides is 2. The summed E-state index contributed by atoms with van der Waals surface area (Å²) in [5, 5.41) is 18.4. The number of alkyl carbamates (subject to hydrolysis) is 1. The fourth-order valence-electron chi connectivity index (χ4n) is 4.27. The summed E-state index contributed by atoms with van der Waals surface area (Å²) in [5.41, 5.74) is 3.45. The highest BCUT2D eigenvalue weighted by atomic mass is 16.5. The number of carbonyl (C=O) groups excluding carboxylic acids is 2. The third kappa shape index (κ3) is 4.63. The molecule has 0 saturated carbocycles. The van der Waals surface area contributed by atoms with Gasteiger partial charge in [0, 0.05) is 24.9 Å². The molecule has 0 fully saturated rings. The summed E-state index contributed by atoms with van der Waals surface area (Å²) in [4.78, 5) is 36.4. The maximum absolute atomic E-state index is 12.6. The molecular weight excluding hydrogens is 436 g/mol. The molecule has 4 rings (SSSR count). The summed E-state index contributed by atoms with van der Waals surface area (Å²) in [5.74, 6) is -1.65. The molecule has 1 aliphatic rings. The molecule has 0 radical (unpaired) electrons. The van der Waals surface area contributed by atoms with Crippen molar-refractivity contribution in [2.75, 3.05) is 11.9 Å². The first kappa shape index (κ1) is 23.0. The van der Waals surface area contributed by atoms with Crippen LogP contribution in [0.3, 0.4) is 0 Å². The Labute approximate surface area is 196 Å². The second-order valence-electron chi connectivity index (χ2n) is 8.89. The van der Waals surface area contributed by atoms with E-state index in [0.717, 1.165) is 28.5 Å². The lowest BCUT2D eigenvalue weighted by Gasteiger charge is -2.26. The zero-order chi connectivity index (χ0) is 24.5. The number of carbonyl (C=O) groups is 3.